The Labute approximate surface area is 145 Å². The van der Waals surface area contributed by atoms with Crippen LogP contribution in [0.15, 0.2) is 30.3 Å². The molecular weight excluding hydrogens is 320 g/mol. The number of nitrogens with zero attached hydrogens (tertiary/aromatic N) is 3. The molecule has 5 nitrogen and oxygen atoms in total. The maximum Gasteiger partial charge on any atom is 0.222 e. The van der Waals surface area contributed by atoms with Gasteiger partial charge < -0.3 is 5.32 Å². The second-order valence-corrected chi connectivity index (χ2v) is 7.30. The van der Waals surface area contributed by atoms with E-state index >= 15 is 0 Å². The van der Waals surface area contributed by atoms with Crippen LogP contribution >= 0.6 is 11.3 Å². The van der Waals surface area contributed by atoms with Gasteiger partial charge in [-0.05, 0) is 45.9 Å². The molecule has 0 saturated heterocycles. The maximum atomic E-state index is 12.4. The molecule has 0 radical (unpaired) electrons. The van der Waals surface area contributed by atoms with Gasteiger partial charge in [0.1, 0.15) is 5.01 Å². The zero-order chi connectivity index (χ0) is 17.3. The van der Waals surface area contributed by atoms with Crippen LogP contribution in [0.3, 0.4) is 0 Å². The highest BCUT2D eigenvalue weighted by atomic mass is 32.1. The summed E-state index contributed by atoms with van der Waals surface area (Å²) >= 11 is 1.63. The van der Waals surface area contributed by atoms with Gasteiger partial charge in [0.05, 0.1) is 28.0 Å². The Morgan fingerprint density at radius 3 is 2.71 bits per heavy atom. The molecule has 0 aliphatic heterocycles. The van der Waals surface area contributed by atoms with E-state index in [2.05, 4.69) is 21.5 Å². The number of rotatable bonds is 5. The van der Waals surface area contributed by atoms with Crippen LogP contribution in [0.4, 0.5) is 0 Å². The van der Waals surface area contributed by atoms with Crippen molar-refractivity contribution < 1.29 is 4.79 Å². The number of para-hydroxylation sites is 1. The molecule has 2 aromatic heterocycles. The van der Waals surface area contributed by atoms with Crippen molar-refractivity contribution in [2.45, 2.75) is 46.2 Å². The Balaban J connectivity index is 1.64. The minimum Gasteiger partial charge on any atom is -0.347 e. The molecule has 1 amide bonds. The highest BCUT2D eigenvalue weighted by Gasteiger charge is 2.18. The predicted octanol–water partition coefficient (Wildman–Crippen LogP) is 3.94. The predicted molar refractivity (Wildman–Crippen MR) is 97.2 cm³/mol. The monoisotopic (exact) mass is 342 g/mol. The molecule has 0 bridgehead atoms. The second kappa shape index (κ2) is 6.73. The molecule has 126 valence electrons. The van der Waals surface area contributed by atoms with Crippen LogP contribution < -0.4 is 5.32 Å². The van der Waals surface area contributed by atoms with Crippen molar-refractivity contribution in [1.82, 2.24) is 20.1 Å². The summed E-state index contributed by atoms with van der Waals surface area (Å²) in [5.74, 6) is 0.0156. The summed E-state index contributed by atoms with van der Waals surface area (Å²) in [4.78, 5) is 17.0. The number of hydrogen-bond acceptors (Lipinski definition) is 4. The van der Waals surface area contributed by atoms with Gasteiger partial charge in [-0.25, -0.2) is 4.98 Å². The average molecular weight is 342 g/mol. The van der Waals surface area contributed by atoms with E-state index in [9.17, 15) is 4.79 Å². The van der Waals surface area contributed by atoms with Crippen LogP contribution in [0.1, 0.15) is 48.7 Å². The van der Waals surface area contributed by atoms with E-state index in [0.29, 0.717) is 6.42 Å². The van der Waals surface area contributed by atoms with Gasteiger partial charge in [0, 0.05) is 12.1 Å². The van der Waals surface area contributed by atoms with Crippen molar-refractivity contribution in [2.75, 3.05) is 0 Å². The maximum absolute atomic E-state index is 12.4. The molecule has 0 aliphatic carbocycles. The lowest BCUT2D eigenvalue weighted by atomic mass is 10.2. The SMILES string of the molecule is Cc1cc(C)n([C@H](C)CC(=O)N[C@@H](C)c2nc3ccccc3s2)n1. The summed E-state index contributed by atoms with van der Waals surface area (Å²) in [5, 5.41) is 8.44. The summed E-state index contributed by atoms with van der Waals surface area (Å²) in [5.41, 5.74) is 3.03. The molecule has 6 heteroatoms. The van der Waals surface area contributed by atoms with Crippen molar-refractivity contribution in [3.8, 4) is 0 Å². The van der Waals surface area contributed by atoms with E-state index in [1.165, 1.54) is 0 Å². The number of aromatic nitrogens is 3. The van der Waals surface area contributed by atoms with Crippen molar-refractivity contribution in [1.29, 1.82) is 0 Å². The molecule has 0 saturated carbocycles. The van der Waals surface area contributed by atoms with Gasteiger partial charge in [-0.3, -0.25) is 9.48 Å². The first-order valence-electron chi connectivity index (χ1n) is 8.11. The Morgan fingerprint density at radius 2 is 2.04 bits per heavy atom. The van der Waals surface area contributed by atoms with Crippen LogP contribution in [0.2, 0.25) is 0 Å². The van der Waals surface area contributed by atoms with Crippen LogP contribution in [0.25, 0.3) is 10.2 Å². The van der Waals surface area contributed by atoms with Crippen molar-refractivity contribution >= 4 is 27.5 Å². The van der Waals surface area contributed by atoms with Crippen LogP contribution in [-0.2, 0) is 4.79 Å². The van der Waals surface area contributed by atoms with Gasteiger partial charge in [-0.15, -0.1) is 11.3 Å². The molecule has 1 aromatic carbocycles. The molecule has 3 aromatic rings. The number of thiazole rings is 1. The smallest absolute Gasteiger partial charge is 0.222 e. The lowest BCUT2D eigenvalue weighted by molar-refractivity contribution is -0.122. The van der Waals surface area contributed by atoms with Crippen molar-refractivity contribution in [2.24, 2.45) is 0 Å². The summed E-state index contributed by atoms with van der Waals surface area (Å²) in [7, 11) is 0. The van der Waals surface area contributed by atoms with E-state index in [-0.39, 0.29) is 18.0 Å². The number of fused-ring (bicyclic) bond motifs is 1. The second-order valence-electron chi connectivity index (χ2n) is 6.23. The van der Waals surface area contributed by atoms with Crippen molar-refractivity contribution in [3.05, 3.63) is 46.7 Å². The number of carbonyl (C=O) groups is 1. The van der Waals surface area contributed by atoms with E-state index in [0.717, 1.165) is 26.6 Å². The molecule has 0 spiro atoms. The fourth-order valence-corrected chi connectivity index (χ4v) is 3.85. The average Bonchev–Trinajstić information content (AvgIpc) is 3.09. The van der Waals surface area contributed by atoms with Gasteiger partial charge in [-0.1, -0.05) is 12.1 Å². The van der Waals surface area contributed by atoms with Gasteiger partial charge in [0.25, 0.3) is 0 Å². The highest BCUT2D eigenvalue weighted by Crippen LogP contribution is 2.26. The van der Waals surface area contributed by atoms with Crippen molar-refractivity contribution in [3.63, 3.8) is 0 Å². The molecular formula is C18H22N4OS. The molecule has 3 rings (SSSR count). The third kappa shape index (κ3) is 3.48. The lowest BCUT2D eigenvalue weighted by Gasteiger charge is -2.16. The number of hydrogen-bond donors (Lipinski definition) is 1. The third-order valence-corrected chi connectivity index (χ3v) is 5.22. The Bertz CT molecular complexity index is 834. The summed E-state index contributed by atoms with van der Waals surface area (Å²) in [6.45, 7) is 7.97. The minimum atomic E-state index is -0.0949. The van der Waals surface area contributed by atoms with Gasteiger partial charge in [0.15, 0.2) is 0 Å². The fourth-order valence-electron chi connectivity index (χ4n) is 2.88. The molecule has 0 fully saturated rings. The number of benzene rings is 1. The first-order valence-corrected chi connectivity index (χ1v) is 8.93. The van der Waals surface area contributed by atoms with E-state index in [1.807, 2.05) is 56.6 Å². The Hall–Kier alpha value is -2.21. The van der Waals surface area contributed by atoms with Crippen LogP contribution in [-0.4, -0.2) is 20.7 Å². The molecule has 24 heavy (non-hydrogen) atoms. The molecule has 0 aliphatic rings. The molecule has 0 unspecified atom stereocenters. The molecule has 2 atom stereocenters. The zero-order valence-electron chi connectivity index (χ0n) is 14.4. The van der Waals surface area contributed by atoms with E-state index < -0.39 is 0 Å². The quantitative estimate of drug-likeness (QED) is 0.764. The normalized spacial score (nSPS) is 13.8. The summed E-state index contributed by atoms with van der Waals surface area (Å²) in [6.07, 6.45) is 0.400. The fraction of sp³-hybridized carbons (Fsp3) is 0.389. The summed E-state index contributed by atoms with van der Waals surface area (Å²) in [6, 6.07) is 9.99. The first kappa shape index (κ1) is 16.6. The number of nitrogens with one attached hydrogen (secondary N) is 1. The molecule has 2 heterocycles. The first-order chi connectivity index (χ1) is 11.4. The highest BCUT2D eigenvalue weighted by molar-refractivity contribution is 7.18. The number of amides is 1. The topological polar surface area (TPSA) is 59.8 Å². The van der Waals surface area contributed by atoms with Crippen LogP contribution in [0.5, 0.6) is 0 Å². The van der Waals surface area contributed by atoms with Crippen LogP contribution in [0, 0.1) is 13.8 Å². The summed E-state index contributed by atoms with van der Waals surface area (Å²) < 4.78 is 3.06. The standard InChI is InChI=1S/C18H22N4OS/c1-11-9-12(2)22(21-11)13(3)10-17(23)19-14(4)18-20-15-7-5-6-8-16(15)24-18/h5-9,13-14H,10H2,1-4H3,(H,19,23)/t13-,14+/m1/s1. The van der Waals surface area contributed by atoms with E-state index in [1.54, 1.807) is 11.3 Å². The molecule has 1 N–H and O–H groups in total. The van der Waals surface area contributed by atoms with Gasteiger partial charge in [-0.2, -0.15) is 5.10 Å². The third-order valence-electron chi connectivity index (χ3n) is 4.00. The minimum absolute atomic E-state index is 0.0156. The number of carbonyl (C=O) groups excluding carboxylic acids is 1. The van der Waals surface area contributed by atoms with Gasteiger partial charge in [0.2, 0.25) is 5.91 Å². The zero-order valence-corrected chi connectivity index (χ0v) is 15.2. The Morgan fingerprint density at radius 1 is 1.29 bits per heavy atom. The lowest BCUT2D eigenvalue weighted by Crippen LogP contribution is -2.28. The Kier molecular flexibility index (Phi) is 4.66. The van der Waals surface area contributed by atoms with Gasteiger partial charge >= 0.3 is 0 Å². The van der Waals surface area contributed by atoms with E-state index in [4.69, 9.17) is 0 Å². The largest absolute Gasteiger partial charge is 0.347 e. The number of aryl methyl sites for hydroxylation is 2.